The smallest absolute Gasteiger partial charge is 0.122 e. The first-order valence-corrected chi connectivity index (χ1v) is 9.95. The van der Waals surface area contributed by atoms with E-state index in [1.165, 1.54) is 5.69 Å². The van der Waals surface area contributed by atoms with E-state index in [9.17, 15) is 0 Å². The maximum atomic E-state index is 5.98. The maximum Gasteiger partial charge on any atom is 0.122 e. The number of fused-ring (bicyclic) bond motifs is 1. The Morgan fingerprint density at radius 2 is 1.78 bits per heavy atom. The van der Waals surface area contributed by atoms with Crippen molar-refractivity contribution in [2.75, 3.05) is 44.2 Å². The summed E-state index contributed by atoms with van der Waals surface area (Å²) in [6.45, 7) is 6.27. The molecule has 142 valence electrons. The van der Waals surface area contributed by atoms with Crippen molar-refractivity contribution >= 4 is 22.8 Å². The number of piperazine rings is 1. The first kappa shape index (κ1) is 18.1. The number of unbranched alkanes of at least 4 members (excludes halogenated alkanes) is 1. The molecule has 0 unspecified atom stereocenters. The number of halogens is 1. The van der Waals surface area contributed by atoms with E-state index < -0.39 is 0 Å². The SMILES string of the molecule is Clc1ccc(N2CCN(CCCCOc3ccn4nccc4c3)CC2)cc1. The van der Waals surface area contributed by atoms with E-state index in [1.807, 2.05) is 41.0 Å². The van der Waals surface area contributed by atoms with Gasteiger partial charge in [0.2, 0.25) is 0 Å². The van der Waals surface area contributed by atoms with Crippen LogP contribution in [0.4, 0.5) is 5.69 Å². The Kier molecular flexibility index (Phi) is 5.80. The third kappa shape index (κ3) is 4.73. The lowest BCUT2D eigenvalue weighted by molar-refractivity contribution is 0.238. The zero-order valence-electron chi connectivity index (χ0n) is 15.4. The minimum atomic E-state index is 0.759. The molecule has 1 fully saturated rings. The molecular formula is C21H25ClN4O. The number of benzene rings is 1. The fourth-order valence-electron chi connectivity index (χ4n) is 3.50. The lowest BCUT2D eigenvalue weighted by Gasteiger charge is -2.36. The van der Waals surface area contributed by atoms with Crippen molar-refractivity contribution in [3.05, 3.63) is 59.9 Å². The molecule has 0 bridgehead atoms. The van der Waals surface area contributed by atoms with Crippen LogP contribution in [0.1, 0.15) is 12.8 Å². The molecule has 0 N–H and O–H groups in total. The van der Waals surface area contributed by atoms with Crippen LogP contribution >= 0.6 is 11.6 Å². The van der Waals surface area contributed by atoms with Crippen LogP contribution in [0.5, 0.6) is 5.75 Å². The van der Waals surface area contributed by atoms with Gasteiger partial charge in [0.15, 0.2) is 0 Å². The molecule has 0 spiro atoms. The Bertz CT molecular complexity index is 856. The second kappa shape index (κ2) is 8.63. The molecule has 0 amide bonds. The molecule has 0 atom stereocenters. The van der Waals surface area contributed by atoms with Crippen LogP contribution in [0.25, 0.3) is 5.52 Å². The molecule has 1 aliphatic rings. The molecule has 0 radical (unpaired) electrons. The number of pyridine rings is 1. The average molecular weight is 385 g/mol. The topological polar surface area (TPSA) is 33.0 Å². The molecule has 3 heterocycles. The van der Waals surface area contributed by atoms with Crippen LogP contribution in [0.2, 0.25) is 5.02 Å². The van der Waals surface area contributed by atoms with E-state index >= 15 is 0 Å². The van der Waals surface area contributed by atoms with Crippen LogP contribution in [-0.4, -0.2) is 53.8 Å². The summed E-state index contributed by atoms with van der Waals surface area (Å²) in [7, 11) is 0. The highest BCUT2D eigenvalue weighted by Crippen LogP contribution is 2.19. The van der Waals surface area contributed by atoms with Crippen molar-refractivity contribution in [2.45, 2.75) is 12.8 Å². The Morgan fingerprint density at radius 3 is 2.59 bits per heavy atom. The summed E-state index contributed by atoms with van der Waals surface area (Å²) in [5, 5.41) is 4.99. The highest BCUT2D eigenvalue weighted by molar-refractivity contribution is 6.30. The predicted octanol–water partition coefficient (Wildman–Crippen LogP) is 3.97. The van der Waals surface area contributed by atoms with E-state index in [0.717, 1.165) is 68.5 Å². The third-order valence-corrected chi connectivity index (χ3v) is 5.32. The van der Waals surface area contributed by atoms with Crippen LogP contribution < -0.4 is 9.64 Å². The standard InChI is InChI=1S/C21H25ClN4O/c22-18-3-5-19(6-4-18)25-14-12-24(13-15-25)10-1-2-16-27-21-8-11-26-20(17-21)7-9-23-26/h3-9,11,17H,1-2,10,12-16H2. The quantitative estimate of drug-likeness (QED) is 0.577. The van der Waals surface area contributed by atoms with E-state index in [-0.39, 0.29) is 0 Å². The van der Waals surface area contributed by atoms with Gasteiger partial charge in [-0.05, 0) is 55.8 Å². The second-order valence-electron chi connectivity index (χ2n) is 6.92. The largest absolute Gasteiger partial charge is 0.493 e. The summed E-state index contributed by atoms with van der Waals surface area (Å²) in [5.41, 5.74) is 2.33. The van der Waals surface area contributed by atoms with Gasteiger partial charge in [-0.15, -0.1) is 0 Å². The Hall–Kier alpha value is -2.24. The highest BCUT2D eigenvalue weighted by Gasteiger charge is 2.16. The van der Waals surface area contributed by atoms with Gasteiger partial charge in [-0.2, -0.15) is 5.10 Å². The van der Waals surface area contributed by atoms with E-state index in [4.69, 9.17) is 16.3 Å². The molecule has 2 aromatic heterocycles. The van der Waals surface area contributed by atoms with Crippen molar-refractivity contribution < 1.29 is 4.74 Å². The lowest BCUT2D eigenvalue weighted by Crippen LogP contribution is -2.46. The summed E-state index contributed by atoms with van der Waals surface area (Å²) in [6.07, 6.45) is 5.97. The van der Waals surface area contributed by atoms with Gasteiger partial charge in [0.25, 0.3) is 0 Å². The Morgan fingerprint density at radius 1 is 0.963 bits per heavy atom. The molecule has 27 heavy (non-hydrogen) atoms. The molecule has 3 aromatic rings. The van der Waals surface area contributed by atoms with Gasteiger partial charge in [0.1, 0.15) is 5.75 Å². The number of hydrogen-bond donors (Lipinski definition) is 0. The first-order valence-electron chi connectivity index (χ1n) is 9.57. The molecule has 0 aliphatic carbocycles. The first-order chi connectivity index (χ1) is 13.3. The van der Waals surface area contributed by atoms with Gasteiger partial charge in [-0.3, -0.25) is 4.90 Å². The molecule has 0 saturated carbocycles. The molecular weight excluding hydrogens is 360 g/mol. The van der Waals surface area contributed by atoms with Gasteiger partial charge >= 0.3 is 0 Å². The molecule has 1 saturated heterocycles. The van der Waals surface area contributed by atoms with Crippen LogP contribution in [-0.2, 0) is 0 Å². The minimum Gasteiger partial charge on any atom is -0.493 e. The monoisotopic (exact) mass is 384 g/mol. The zero-order chi connectivity index (χ0) is 18.5. The van der Waals surface area contributed by atoms with Crippen molar-refractivity contribution in [3.8, 4) is 5.75 Å². The second-order valence-corrected chi connectivity index (χ2v) is 7.36. The van der Waals surface area contributed by atoms with Crippen LogP contribution in [0, 0.1) is 0 Å². The van der Waals surface area contributed by atoms with Crippen LogP contribution in [0.3, 0.4) is 0 Å². The van der Waals surface area contributed by atoms with Gasteiger partial charge < -0.3 is 9.64 Å². The lowest BCUT2D eigenvalue weighted by atomic mass is 10.2. The third-order valence-electron chi connectivity index (χ3n) is 5.07. The molecule has 6 heteroatoms. The number of anilines is 1. The normalized spacial score (nSPS) is 15.4. The number of nitrogens with zero attached hydrogens (tertiary/aromatic N) is 4. The summed E-state index contributed by atoms with van der Waals surface area (Å²) in [4.78, 5) is 4.98. The average Bonchev–Trinajstić information content (AvgIpc) is 3.17. The fourth-order valence-corrected chi connectivity index (χ4v) is 3.63. The predicted molar refractivity (Wildman–Crippen MR) is 110 cm³/mol. The van der Waals surface area contributed by atoms with Gasteiger partial charge in [-0.25, -0.2) is 4.52 Å². The molecule has 5 nitrogen and oxygen atoms in total. The van der Waals surface area contributed by atoms with Gasteiger partial charge in [-0.1, -0.05) is 11.6 Å². The van der Waals surface area contributed by atoms with E-state index in [0.29, 0.717) is 0 Å². The van der Waals surface area contributed by atoms with Crippen molar-refractivity contribution in [3.63, 3.8) is 0 Å². The highest BCUT2D eigenvalue weighted by atomic mass is 35.5. The van der Waals surface area contributed by atoms with E-state index in [1.54, 1.807) is 6.20 Å². The van der Waals surface area contributed by atoms with Crippen molar-refractivity contribution in [2.24, 2.45) is 0 Å². The van der Waals surface area contributed by atoms with Gasteiger partial charge in [0.05, 0.1) is 12.1 Å². The number of hydrogen-bond acceptors (Lipinski definition) is 4. The maximum absolute atomic E-state index is 5.98. The number of aromatic nitrogens is 2. The summed E-state index contributed by atoms with van der Waals surface area (Å²) >= 11 is 5.98. The molecule has 1 aromatic carbocycles. The van der Waals surface area contributed by atoms with Crippen molar-refractivity contribution in [1.29, 1.82) is 0 Å². The van der Waals surface area contributed by atoms with E-state index in [2.05, 4.69) is 27.0 Å². The van der Waals surface area contributed by atoms with Crippen molar-refractivity contribution in [1.82, 2.24) is 14.5 Å². The molecule has 1 aliphatic heterocycles. The summed E-state index contributed by atoms with van der Waals surface area (Å²) < 4.78 is 7.72. The molecule has 4 rings (SSSR count). The Labute approximate surface area is 165 Å². The minimum absolute atomic E-state index is 0.759. The summed E-state index contributed by atoms with van der Waals surface area (Å²) in [6, 6.07) is 14.1. The zero-order valence-corrected chi connectivity index (χ0v) is 16.2. The summed E-state index contributed by atoms with van der Waals surface area (Å²) in [5.74, 6) is 0.916. The van der Waals surface area contributed by atoms with Gasteiger partial charge in [0, 0.05) is 55.3 Å². The van der Waals surface area contributed by atoms with Crippen LogP contribution in [0.15, 0.2) is 54.9 Å². The Balaban J connectivity index is 1.13. The fraction of sp³-hybridized carbons (Fsp3) is 0.381. The number of ether oxygens (including phenoxy) is 1. The number of rotatable bonds is 7.